The van der Waals surface area contributed by atoms with Crippen molar-refractivity contribution < 1.29 is 8.91 Å². The molecule has 2 saturated carbocycles. The third-order valence-corrected chi connectivity index (χ3v) is 7.57. The lowest BCUT2D eigenvalue weighted by Crippen LogP contribution is -2.16. The molecule has 2 nitrogen and oxygen atoms in total. The topological polar surface area (TPSA) is 12.2 Å². The molecule has 0 aromatic rings. The molecule has 5 heteroatoms. The Morgan fingerprint density at radius 3 is 2.68 bits per heavy atom. The van der Waals surface area contributed by atoms with Gasteiger partial charge >= 0.3 is 0 Å². The van der Waals surface area contributed by atoms with Crippen LogP contribution in [-0.2, 0) is 4.52 Å². The molecule has 0 aromatic heterocycles. The zero-order valence-electron chi connectivity index (χ0n) is 13.4. The van der Waals surface area contributed by atoms with Gasteiger partial charge in [0.05, 0.1) is 20.2 Å². The summed E-state index contributed by atoms with van der Waals surface area (Å²) in [6.07, 6.45) is 15.9. The molecule has 126 valence electrons. The Morgan fingerprint density at radius 1 is 1.18 bits per heavy atom. The van der Waals surface area contributed by atoms with Crippen molar-refractivity contribution in [2.75, 3.05) is 12.8 Å². The first kappa shape index (κ1) is 17.0. The summed E-state index contributed by atoms with van der Waals surface area (Å²) in [5.74, 6) is 1.57. The van der Waals surface area contributed by atoms with Crippen molar-refractivity contribution in [2.45, 2.75) is 70.3 Å². The summed E-state index contributed by atoms with van der Waals surface area (Å²) in [5.41, 5.74) is 0. The van der Waals surface area contributed by atoms with Gasteiger partial charge in [0.1, 0.15) is 0 Å². The van der Waals surface area contributed by atoms with Crippen LogP contribution in [0, 0.1) is 11.8 Å². The lowest BCUT2D eigenvalue weighted by molar-refractivity contribution is 0.269. The maximum absolute atomic E-state index is 12.9. The Balaban J connectivity index is 1.20. The predicted molar refractivity (Wildman–Crippen MR) is 94.7 cm³/mol. The molecule has 0 N–H and O–H groups in total. The van der Waals surface area contributed by atoms with Gasteiger partial charge in [-0.05, 0) is 37.5 Å². The molecule has 0 radical (unpaired) electrons. The van der Waals surface area contributed by atoms with Crippen molar-refractivity contribution in [3.05, 3.63) is 12.2 Å². The van der Waals surface area contributed by atoms with Crippen LogP contribution < -0.4 is 0 Å². The van der Waals surface area contributed by atoms with Crippen LogP contribution in [0.2, 0.25) is 0 Å². The van der Waals surface area contributed by atoms with Gasteiger partial charge in [0, 0.05) is 12.2 Å². The summed E-state index contributed by atoms with van der Waals surface area (Å²) in [5, 5.41) is 0. The zero-order valence-corrected chi connectivity index (χ0v) is 15.2. The summed E-state index contributed by atoms with van der Waals surface area (Å²) in [4.78, 5) is 1.78. The van der Waals surface area contributed by atoms with E-state index in [0.29, 0.717) is 12.0 Å². The third-order valence-electron chi connectivity index (χ3n) is 5.48. The molecule has 0 aromatic carbocycles. The van der Waals surface area contributed by atoms with Crippen LogP contribution >= 0.6 is 19.6 Å². The van der Waals surface area contributed by atoms with Gasteiger partial charge in [0.15, 0.2) is 0 Å². The zero-order chi connectivity index (χ0) is 15.4. The highest BCUT2D eigenvalue weighted by atomic mass is 32.7. The minimum atomic E-state index is -0.550. The maximum Gasteiger partial charge on any atom is 0.210 e. The first-order chi connectivity index (χ1) is 10.7. The molecule has 2 aliphatic carbocycles. The van der Waals surface area contributed by atoms with Crippen LogP contribution in [0.4, 0.5) is 4.39 Å². The second-order valence-corrected chi connectivity index (χ2v) is 9.96. The Morgan fingerprint density at radius 2 is 1.95 bits per heavy atom. The quantitative estimate of drug-likeness (QED) is 0.243. The van der Waals surface area contributed by atoms with E-state index in [9.17, 15) is 4.39 Å². The van der Waals surface area contributed by atoms with Crippen LogP contribution in [0.5, 0.6) is 0 Å². The van der Waals surface area contributed by atoms with Crippen LogP contribution in [0.1, 0.15) is 64.2 Å². The Bertz CT molecular complexity index is 389. The average molecular weight is 345 g/mol. The summed E-state index contributed by atoms with van der Waals surface area (Å²) < 4.78 is 18.9. The molecular weight excluding hydrogens is 316 g/mol. The van der Waals surface area contributed by atoms with E-state index >= 15 is 0 Å². The predicted octanol–water partition coefficient (Wildman–Crippen LogP) is 5.86. The standard InChI is InChI=1S/C17H29FNOPS/c18-17-12-19(17)16-9-8-15(11-16)13-20-21(22)10-4-3-7-14-5-1-2-6-14/h12,14-16,22H,1-11,13H2. The molecular formula is C17H29FNOPS. The maximum atomic E-state index is 12.9. The van der Waals surface area contributed by atoms with Crippen LogP contribution in [0.15, 0.2) is 12.2 Å². The second kappa shape index (κ2) is 8.35. The van der Waals surface area contributed by atoms with Gasteiger partial charge in [-0.1, -0.05) is 38.5 Å². The number of hydrogen-bond acceptors (Lipinski definition) is 3. The molecule has 1 heterocycles. The fraction of sp³-hybridized carbons (Fsp3) is 0.882. The lowest BCUT2D eigenvalue weighted by atomic mass is 10.0. The molecule has 2 fully saturated rings. The summed E-state index contributed by atoms with van der Waals surface area (Å²) in [7, 11) is -0.550. The molecule has 3 aliphatic rings. The minimum Gasteiger partial charge on any atom is -0.348 e. The normalized spacial score (nSPS) is 29.9. The number of unbranched alkanes of at least 4 members (excludes halogenated alkanes) is 1. The van der Waals surface area contributed by atoms with Crippen LogP contribution in [-0.4, -0.2) is 23.7 Å². The highest BCUT2D eigenvalue weighted by molar-refractivity contribution is 8.43. The van der Waals surface area contributed by atoms with Gasteiger partial charge in [-0.2, -0.15) is 4.39 Å². The van der Waals surface area contributed by atoms with Gasteiger partial charge in [-0.3, -0.25) is 0 Å². The molecule has 0 saturated heterocycles. The van der Waals surface area contributed by atoms with E-state index in [-0.39, 0.29) is 5.95 Å². The van der Waals surface area contributed by atoms with Gasteiger partial charge < -0.3 is 9.42 Å². The van der Waals surface area contributed by atoms with Gasteiger partial charge in [0.2, 0.25) is 5.95 Å². The second-order valence-electron chi connectivity index (χ2n) is 7.21. The van der Waals surface area contributed by atoms with E-state index in [1.54, 1.807) is 11.1 Å². The number of thiol groups is 1. The fourth-order valence-electron chi connectivity index (χ4n) is 4.05. The van der Waals surface area contributed by atoms with Gasteiger partial charge in [-0.15, -0.1) is 12.2 Å². The molecule has 0 spiro atoms. The smallest absolute Gasteiger partial charge is 0.210 e. The Labute approximate surface area is 140 Å². The fourth-order valence-corrected chi connectivity index (χ4v) is 5.68. The Hall–Kier alpha value is 0.210. The summed E-state index contributed by atoms with van der Waals surface area (Å²) in [6.45, 7) is 0.823. The third kappa shape index (κ3) is 5.11. The molecule has 3 unspecified atom stereocenters. The lowest BCUT2D eigenvalue weighted by Gasteiger charge is -2.17. The van der Waals surface area contributed by atoms with E-state index in [0.717, 1.165) is 31.5 Å². The van der Waals surface area contributed by atoms with E-state index in [1.807, 2.05) is 0 Å². The van der Waals surface area contributed by atoms with Gasteiger partial charge in [0.25, 0.3) is 0 Å². The summed E-state index contributed by atoms with van der Waals surface area (Å²) in [6, 6.07) is 0.395. The minimum absolute atomic E-state index is 0.0368. The molecule has 3 rings (SSSR count). The molecule has 1 aliphatic heterocycles. The van der Waals surface area contributed by atoms with Crippen molar-refractivity contribution in [1.29, 1.82) is 0 Å². The van der Waals surface area contributed by atoms with Crippen LogP contribution in [0.25, 0.3) is 0 Å². The van der Waals surface area contributed by atoms with E-state index in [4.69, 9.17) is 4.52 Å². The van der Waals surface area contributed by atoms with Crippen molar-refractivity contribution in [1.82, 2.24) is 4.90 Å². The number of nitrogens with zero attached hydrogens (tertiary/aromatic N) is 1. The van der Waals surface area contributed by atoms with Crippen molar-refractivity contribution in [3.8, 4) is 0 Å². The van der Waals surface area contributed by atoms with Crippen LogP contribution in [0.3, 0.4) is 0 Å². The number of rotatable bonds is 9. The van der Waals surface area contributed by atoms with E-state index in [2.05, 4.69) is 12.2 Å². The average Bonchev–Trinajstić information content (AvgIpc) is 2.97. The molecule has 3 atom stereocenters. The first-order valence-electron chi connectivity index (χ1n) is 8.97. The first-order valence-corrected chi connectivity index (χ1v) is 11.6. The largest absolute Gasteiger partial charge is 0.348 e. The number of halogens is 1. The molecule has 0 bridgehead atoms. The highest BCUT2D eigenvalue weighted by Crippen LogP contribution is 2.45. The van der Waals surface area contributed by atoms with E-state index in [1.165, 1.54) is 51.4 Å². The molecule has 0 amide bonds. The highest BCUT2D eigenvalue weighted by Gasteiger charge is 2.35. The van der Waals surface area contributed by atoms with Crippen molar-refractivity contribution in [3.63, 3.8) is 0 Å². The Kier molecular flexibility index (Phi) is 6.47. The number of hydrogen-bond donors (Lipinski definition) is 1. The molecule has 22 heavy (non-hydrogen) atoms. The van der Waals surface area contributed by atoms with Gasteiger partial charge in [-0.25, -0.2) is 0 Å². The summed E-state index contributed by atoms with van der Waals surface area (Å²) >= 11 is 4.64. The SMILES string of the molecule is FC1=CN1C1CCC(COP(S)CCCCC2CCCC2)C1. The monoisotopic (exact) mass is 345 g/mol. The van der Waals surface area contributed by atoms with Crippen molar-refractivity contribution >= 4 is 19.6 Å². The van der Waals surface area contributed by atoms with E-state index < -0.39 is 7.35 Å². The van der Waals surface area contributed by atoms with Crippen molar-refractivity contribution in [2.24, 2.45) is 11.8 Å².